The van der Waals surface area contributed by atoms with E-state index in [9.17, 15) is 15.0 Å². The normalized spacial score (nSPS) is 14.1. The quantitative estimate of drug-likeness (QED) is 0.0428. The molecule has 0 fully saturated rings. The minimum absolute atomic E-state index is 0.127. The molecule has 0 aliphatic rings. The number of allylic oxidation sites excluding steroid dienone is 19. The first-order chi connectivity index (χ1) is 28.2. The van der Waals surface area contributed by atoms with E-state index >= 15 is 0 Å². The molecule has 0 saturated heterocycles. The van der Waals surface area contributed by atoms with Gasteiger partial charge in [-0.2, -0.15) is 0 Å². The highest BCUT2D eigenvalue weighted by Crippen LogP contribution is 2.14. The molecule has 0 aromatic carbocycles. The number of amides is 1. The van der Waals surface area contributed by atoms with Crippen LogP contribution in [0.4, 0.5) is 0 Å². The second kappa shape index (κ2) is 47.2. The lowest BCUT2D eigenvalue weighted by molar-refractivity contribution is -0.122. The van der Waals surface area contributed by atoms with Gasteiger partial charge >= 0.3 is 0 Å². The van der Waals surface area contributed by atoms with Crippen LogP contribution < -0.4 is 5.32 Å². The molecule has 3 N–H and O–H groups in total. The van der Waals surface area contributed by atoms with Crippen LogP contribution in [0.2, 0.25) is 0 Å². The Kier molecular flexibility index (Phi) is 44.5. The van der Waals surface area contributed by atoms with E-state index in [1.54, 1.807) is 6.08 Å². The average molecular weight is 786 g/mol. The van der Waals surface area contributed by atoms with Crippen molar-refractivity contribution >= 4 is 5.91 Å². The highest BCUT2D eigenvalue weighted by molar-refractivity contribution is 5.76. The largest absolute Gasteiger partial charge is 0.394 e. The predicted octanol–water partition coefficient (Wildman–Crippen LogP) is 15.0. The molecule has 0 radical (unpaired) electrons. The number of hydrogen-bond donors (Lipinski definition) is 3. The first-order valence-electron chi connectivity index (χ1n) is 23.2. The van der Waals surface area contributed by atoms with E-state index in [-0.39, 0.29) is 12.5 Å². The fourth-order valence-corrected chi connectivity index (χ4v) is 6.18. The maximum atomic E-state index is 12.4. The molecular formula is C53H87NO3. The zero-order chi connectivity index (χ0) is 41.4. The van der Waals surface area contributed by atoms with Crippen LogP contribution in [0.3, 0.4) is 0 Å². The Labute approximate surface area is 352 Å². The Morgan fingerprint density at radius 2 is 0.772 bits per heavy atom. The summed E-state index contributed by atoms with van der Waals surface area (Å²) in [6, 6.07) is -0.662. The molecule has 0 heterocycles. The summed E-state index contributed by atoms with van der Waals surface area (Å²) in [4.78, 5) is 12.4. The molecular weight excluding hydrogens is 699 g/mol. The van der Waals surface area contributed by atoms with E-state index in [0.29, 0.717) is 6.42 Å². The van der Waals surface area contributed by atoms with Gasteiger partial charge in [-0.05, 0) is 83.5 Å². The van der Waals surface area contributed by atoms with Crippen LogP contribution in [0.5, 0.6) is 0 Å². The number of nitrogens with one attached hydrogen (secondary N) is 1. The maximum absolute atomic E-state index is 12.4. The van der Waals surface area contributed by atoms with Crippen molar-refractivity contribution in [1.82, 2.24) is 5.32 Å². The Hall–Kier alpha value is -3.21. The third kappa shape index (κ3) is 43.8. The van der Waals surface area contributed by atoms with E-state index in [0.717, 1.165) is 83.5 Å². The van der Waals surface area contributed by atoms with Crippen LogP contribution in [0.25, 0.3) is 0 Å². The van der Waals surface area contributed by atoms with Gasteiger partial charge in [0.2, 0.25) is 5.91 Å². The van der Waals surface area contributed by atoms with Gasteiger partial charge in [0.1, 0.15) is 0 Å². The number of rotatable bonds is 40. The van der Waals surface area contributed by atoms with Gasteiger partial charge in [0.15, 0.2) is 0 Å². The molecule has 2 unspecified atom stereocenters. The monoisotopic (exact) mass is 786 g/mol. The lowest BCUT2D eigenvalue weighted by Crippen LogP contribution is -2.45. The molecule has 0 bridgehead atoms. The molecule has 0 aromatic rings. The van der Waals surface area contributed by atoms with Gasteiger partial charge in [0.25, 0.3) is 0 Å². The molecule has 2 atom stereocenters. The number of carbonyl (C=O) groups is 1. The number of aliphatic hydroxyl groups is 2. The molecule has 4 heteroatoms. The second-order valence-electron chi connectivity index (χ2n) is 15.1. The van der Waals surface area contributed by atoms with Crippen molar-refractivity contribution in [2.24, 2.45) is 0 Å². The van der Waals surface area contributed by atoms with E-state index in [2.05, 4.69) is 129 Å². The topological polar surface area (TPSA) is 69.6 Å². The number of aliphatic hydroxyl groups excluding tert-OH is 2. The number of hydrogen-bond acceptors (Lipinski definition) is 3. The van der Waals surface area contributed by atoms with Gasteiger partial charge in [0.05, 0.1) is 18.8 Å². The molecule has 0 rings (SSSR count). The van der Waals surface area contributed by atoms with Gasteiger partial charge in [-0.15, -0.1) is 0 Å². The first kappa shape index (κ1) is 53.8. The summed E-state index contributed by atoms with van der Waals surface area (Å²) in [6.07, 6.45) is 73.1. The van der Waals surface area contributed by atoms with Crippen molar-refractivity contribution in [3.8, 4) is 0 Å². The van der Waals surface area contributed by atoms with E-state index < -0.39 is 12.1 Å². The first-order valence-corrected chi connectivity index (χ1v) is 23.2. The van der Waals surface area contributed by atoms with Crippen molar-refractivity contribution in [2.45, 2.75) is 199 Å². The SMILES string of the molecule is CC/C=C\C/C=C\C/C=C\C/C=C\C/C=C\C/C=C\C/C=C\C/C=C\C/C=C\CCCC(=O)NC(CO)C(O)/C=C/CCCCCCCCCCCCCCCC. The van der Waals surface area contributed by atoms with E-state index in [1.807, 2.05) is 6.08 Å². The molecule has 0 aliphatic heterocycles. The van der Waals surface area contributed by atoms with E-state index in [4.69, 9.17) is 0 Å². The average Bonchev–Trinajstić information content (AvgIpc) is 3.22. The fourth-order valence-electron chi connectivity index (χ4n) is 6.18. The van der Waals surface area contributed by atoms with Crippen molar-refractivity contribution in [3.63, 3.8) is 0 Å². The van der Waals surface area contributed by atoms with Crippen LogP contribution >= 0.6 is 0 Å². The lowest BCUT2D eigenvalue weighted by Gasteiger charge is -2.19. The van der Waals surface area contributed by atoms with Gasteiger partial charge < -0.3 is 15.5 Å². The third-order valence-electron chi connectivity index (χ3n) is 9.70. The minimum atomic E-state index is -0.871. The Bertz CT molecular complexity index is 1160. The molecule has 0 spiro atoms. The lowest BCUT2D eigenvalue weighted by atomic mass is 10.0. The van der Waals surface area contributed by atoms with Crippen LogP contribution in [0.1, 0.15) is 187 Å². The highest BCUT2D eigenvalue weighted by atomic mass is 16.3. The molecule has 57 heavy (non-hydrogen) atoms. The fraction of sp³-hybridized carbons (Fsp3) is 0.604. The minimum Gasteiger partial charge on any atom is -0.394 e. The van der Waals surface area contributed by atoms with Crippen LogP contribution in [-0.4, -0.2) is 34.9 Å². The van der Waals surface area contributed by atoms with Crippen molar-refractivity contribution in [3.05, 3.63) is 122 Å². The Balaban J connectivity index is 3.77. The molecule has 322 valence electrons. The molecule has 0 aliphatic carbocycles. The summed E-state index contributed by atoms with van der Waals surface area (Å²) in [5.41, 5.74) is 0. The zero-order valence-electron chi connectivity index (χ0n) is 36.8. The van der Waals surface area contributed by atoms with Gasteiger partial charge in [-0.25, -0.2) is 0 Å². The van der Waals surface area contributed by atoms with Crippen LogP contribution in [0.15, 0.2) is 122 Å². The van der Waals surface area contributed by atoms with Gasteiger partial charge in [0, 0.05) is 6.42 Å². The summed E-state index contributed by atoms with van der Waals surface area (Å²) in [6.45, 7) is 4.16. The third-order valence-corrected chi connectivity index (χ3v) is 9.70. The summed E-state index contributed by atoms with van der Waals surface area (Å²) >= 11 is 0. The highest BCUT2D eigenvalue weighted by Gasteiger charge is 2.17. The molecule has 0 aromatic heterocycles. The summed E-state index contributed by atoms with van der Waals surface area (Å²) in [5.74, 6) is -0.127. The molecule has 1 amide bonds. The van der Waals surface area contributed by atoms with Crippen molar-refractivity contribution in [1.29, 1.82) is 0 Å². The van der Waals surface area contributed by atoms with Gasteiger partial charge in [-0.1, -0.05) is 219 Å². The van der Waals surface area contributed by atoms with E-state index in [1.165, 1.54) is 83.5 Å². The number of carbonyl (C=O) groups excluding carboxylic acids is 1. The zero-order valence-corrected chi connectivity index (χ0v) is 36.8. The summed E-state index contributed by atoms with van der Waals surface area (Å²) in [5, 5.41) is 23.0. The predicted molar refractivity (Wildman–Crippen MR) is 252 cm³/mol. The van der Waals surface area contributed by atoms with Gasteiger partial charge in [-0.3, -0.25) is 4.79 Å². The van der Waals surface area contributed by atoms with Crippen molar-refractivity contribution < 1.29 is 15.0 Å². The van der Waals surface area contributed by atoms with Crippen LogP contribution in [0, 0.1) is 0 Å². The second-order valence-corrected chi connectivity index (χ2v) is 15.1. The Morgan fingerprint density at radius 3 is 1.14 bits per heavy atom. The summed E-state index contributed by atoms with van der Waals surface area (Å²) in [7, 11) is 0. The maximum Gasteiger partial charge on any atom is 0.220 e. The standard InChI is InChI=1S/C53H87NO3/c1-3-5-7-9-11-13-15-17-19-21-22-23-24-25-26-27-28-29-30-31-32-33-35-37-39-41-43-45-47-49-53(57)54-51(50-55)52(56)48-46-44-42-40-38-36-34-20-18-16-14-12-10-8-6-4-2/h5,7,11,13,17,19,22-23,25-26,28-29,31-32,35,37,41,43,46,48,51-52,55-56H,3-4,6,8-10,12,14-16,18,20-21,24,27,30,33-34,36,38-40,42,44-45,47,49-50H2,1-2H3,(H,54,57)/b7-5-,13-11-,19-17-,23-22-,26-25-,29-28-,32-31-,37-35-,43-41-,48-46+. The smallest absolute Gasteiger partial charge is 0.220 e. The Morgan fingerprint density at radius 1 is 0.439 bits per heavy atom. The summed E-state index contributed by atoms with van der Waals surface area (Å²) < 4.78 is 0. The van der Waals surface area contributed by atoms with Crippen LogP contribution in [-0.2, 0) is 4.79 Å². The molecule has 0 saturated carbocycles. The van der Waals surface area contributed by atoms with Crippen molar-refractivity contribution in [2.75, 3.05) is 6.61 Å². The molecule has 4 nitrogen and oxygen atoms in total. The number of unbranched alkanes of at least 4 members (excludes halogenated alkanes) is 15.